The number of pyridine rings is 1. The predicted molar refractivity (Wildman–Crippen MR) is 188 cm³/mol. The van der Waals surface area contributed by atoms with Gasteiger partial charge in [0.05, 0.1) is 18.1 Å². The number of nitrogens with zero attached hydrogens (tertiary/aromatic N) is 3. The van der Waals surface area contributed by atoms with Crippen LogP contribution < -0.4 is 5.46 Å². The van der Waals surface area contributed by atoms with E-state index in [1.54, 1.807) is 0 Å². The van der Waals surface area contributed by atoms with E-state index in [0.717, 1.165) is 16.9 Å². The number of fused-ring (bicyclic) bond motifs is 2. The summed E-state index contributed by atoms with van der Waals surface area (Å²) in [7, 11) is 3.82. The van der Waals surface area contributed by atoms with Gasteiger partial charge in [-0.2, -0.15) is 0 Å². The molecule has 1 atom stereocenters. The Morgan fingerprint density at radius 2 is 1.22 bits per heavy atom. The molecule has 0 saturated carbocycles. The van der Waals surface area contributed by atoms with Gasteiger partial charge in [-0.1, -0.05) is 42.5 Å². The summed E-state index contributed by atoms with van der Waals surface area (Å²) in [4.78, 5) is 4.17. The molecule has 3 aromatic heterocycles. The maximum atomic E-state index is 9.04. The van der Waals surface area contributed by atoms with Gasteiger partial charge in [-0.15, -0.1) is 0 Å². The quantitative estimate of drug-likeness (QED) is 0.171. The second-order valence-corrected chi connectivity index (χ2v) is 13.5. The summed E-state index contributed by atoms with van der Waals surface area (Å²) in [5, 5.41) is 20.5. The Kier molecular flexibility index (Phi) is 11.0. The molecular weight excluding hydrogens is 561 g/mol. The second kappa shape index (κ2) is 13.8. The number of rotatable bonds is 2. The lowest BCUT2D eigenvalue weighted by Gasteiger charge is -2.32. The van der Waals surface area contributed by atoms with Crippen molar-refractivity contribution in [3.8, 4) is 0 Å². The standard InChI is InChI=1S/C15H20BNO2.C9H9N.C7H9N.C6H13O2/c1-14(2)15(3,4)19-16(18-14)12-10-17(5)13-9-7-6-8-11(12)13;1-10-7-6-8-4-2-3-5-9(8)10;1-6-4-3-5-7(2)8-6;1-5(2,7)6(3,4)8/h6-10H,1-5H3;2-7H,1H3;3-5H,1-2H3;7-8H,1H2,2-4H3/q;;;+1. The largest absolute Gasteiger partial charge is 0.497 e. The van der Waals surface area contributed by atoms with Crippen LogP contribution in [0.3, 0.4) is 0 Å². The van der Waals surface area contributed by atoms with Crippen LogP contribution in [0.2, 0.25) is 0 Å². The monoisotopic (exact) mass is 612 g/mol. The van der Waals surface area contributed by atoms with E-state index in [0.29, 0.717) is 0 Å². The molecular formula is C37H51BN3O4+. The number of aliphatic hydroxyl groups is 2. The summed E-state index contributed by atoms with van der Waals surface area (Å²) < 4.78 is 16.5. The van der Waals surface area contributed by atoms with Gasteiger partial charge in [-0.25, -0.2) is 0 Å². The third-order valence-electron chi connectivity index (χ3n) is 8.57. The zero-order chi connectivity index (χ0) is 33.8. The van der Waals surface area contributed by atoms with Crippen LogP contribution >= 0.6 is 0 Å². The first-order valence-corrected chi connectivity index (χ1v) is 15.3. The van der Waals surface area contributed by atoms with Gasteiger partial charge in [-0.3, -0.25) is 4.98 Å². The molecule has 7 nitrogen and oxygen atoms in total. The summed E-state index contributed by atoms with van der Waals surface area (Å²) in [6.45, 7) is 20.2. The van der Waals surface area contributed by atoms with Crippen molar-refractivity contribution < 1.29 is 19.5 Å². The van der Waals surface area contributed by atoms with Crippen molar-refractivity contribution in [3.05, 3.63) is 104 Å². The van der Waals surface area contributed by atoms with Crippen molar-refractivity contribution in [1.29, 1.82) is 0 Å². The Morgan fingerprint density at radius 1 is 0.733 bits per heavy atom. The Balaban J connectivity index is 0.000000179. The van der Waals surface area contributed by atoms with Gasteiger partial charge in [0.15, 0.2) is 0 Å². The Labute approximate surface area is 270 Å². The zero-order valence-corrected chi connectivity index (χ0v) is 28.9. The summed E-state index contributed by atoms with van der Waals surface area (Å²) in [6.07, 6.45) is 4.18. The first kappa shape index (κ1) is 35.9. The lowest BCUT2D eigenvalue weighted by molar-refractivity contribution is -0.0902. The minimum absolute atomic E-state index is 0.295. The van der Waals surface area contributed by atoms with Crippen molar-refractivity contribution >= 4 is 34.4 Å². The first-order chi connectivity index (χ1) is 20.7. The molecule has 1 fully saturated rings. The van der Waals surface area contributed by atoms with Crippen molar-refractivity contribution in [2.75, 3.05) is 0 Å². The van der Waals surface area contributed by atoms with Crippen LogP contribution in [0.4, 0.5) is 0 Å². The third-order valence-corrected chi connectivity index (χ3v) is 8.57. The Hall–Kier alpha value is -3.56. The van der Waals surface area contributed by atoms with Crippen molar-refractivity contribution in [1.82, 2.24) is 14.1 Å². The topological polar surface area (TPSA) is 81.7 Å². The van der Waals surface area contributed by atoms with Crippen LogP contribution in [-0.4, -0.2) is 53.9 Å². The maximum Gasteiger partial charge on any atom is 0.497 e. The number of para-hydroxylation sites is 2. The minimum atomic E-state index is -1.26. The first-order valence-electron chi connectivity index (χ1n) is 15.3. The molecule has 0 aliphatic carbocycles. The molecule has 2 N–H and O–H groups in total. The average molecular weight is 613 g/mol. The number of hydrogen-bond acceptors (Lipinski definition) is 5. The Bertz CT molecular complexity index is 1640. The van der Waals surface area contributed by atoms with E-state index < -0.39 is 11.2 Å². The van der Waals surface area contributed by atoms with Gasteiger partial charge in [0.1, 0.15) is 5.60 Å². The van der Waals surface area contributed by atoms with Crippen LogP contribution in [0.25, 0.3) is 21.8 Å². The molecule has 0 amide bonds. The summed E-state index contributed by atoms with van der Waals surface area (Å²) in [5.74, 6) is 0. The summed E-state index contributed by atoms with van der Waals surface area (Å²) in [6, 6.07) is 24.8. The lowest BCUT2D eigenvalue weighted by Crippen LogP contribution is -2.44. The smallest absolute Gasteiger partial charge is 0.399 e. The van der Waals surface area contributed by atoms with Crippen LogP contribution in [0, 0.1) is 20.8 Å². The van der Waals surface area contributed by atoms with Crippen LogP contribution in [0.1, 0.15) is 59.9 Å². The van der Waals surface area contributed by atoms with E-state index in [9.17, 15) is 0 Å². The lowest BCUT2D eigenvalue weighted by atomic mass is 9.79. The molecule has 6 rings (SSSR count). The maximum absolute atomic E-state index is 9.04. The fraction of sp³-hybridized carbons (Fsp3) is 0.405. The van der Waals surface area contributed by atoms with Gasteiger partial charge in [0.2, 0.25) is 5.60 Å². The Morgan fingerprint density at radius 3 is 1.69 bits per heavy atom. The number of aromatic nitrogens is 3. The highest BCUT2D eigenvalue weighted by atomic mass is 16.7. The molecule has 0 radical (unpaired) electrons. The molecule has 1 saturated heterocycles. The van der Waals surface area contributed by atoms with Crippen molar-refractivity contribution in [3.63, 3.8) is 0 Å². The number of benzene rings is 2. The molecule has 0 spiro atoms. The molecule has 1 unspecified atom stereocenters. The SMILES string of the molecule is Cc1cccc(C)n1.Cn1cc(B2OC(C)(C)C(C)(C)O2)c2ccccc21.Cn1ccc2ccccc21.[CH2+]C(C)(O)C(C)(C)O. The molecule has 4 heterocycles. The van der Waals surface area contributed by atoms with E-state index in [4.69, 9.17) is 19.5 Å². The van der Waals surface area contributed by atoms with Crippen LogP contribution in [-0.2, 0) is 23.4 Å². The van der Waals surface area contributed by atoms with Gasteiger partial charge >= 0.3 is 7.12 Å². The van der Waals surface area contributed by atoms with E-state index in [2.05, 4.69) is 130 Å². The zero-order valence-electron chi connectivity index (χ0n) is 28.9. The minimum Gasteiger partial charge on any atom is -0.399 e. The fourth-order valence-corrected chi connectivity index (χ4v) is 4.43. The number of hydrogen-bond donors (Lipinski definition) is 2. The van der Waals surface area contributed by atoms with E-state index in [1.165, 1.54) is 42.6 Å². The van der Waals surface area contributed by atoms with Crippen LogP contribution in [0.15, 0.2) is 85.2 Å². The van der Waals surface area contributed by atoms with Crippen molar-refractivity contribution in [2.24, 2.45) is 14.1 Å². The highest BCUT2D eigenvalue weighted by Gasteiger charge is 2.52. The molecule has 5 aromatic rings. The molecule has 1 aliphatic rings. The predicted octanol–water partition coefficient (Wildman–Crippen LogP) is 6.70. The molecule has 45 heavy (non-hydrogen) atoms. The molecule has 240 valence electrons. The highest BCUT2D eigenvalue weighted by molar-refractivity contribution is 6.65. The van der Waals surface area contributed by atoms with Crippen LogP contribution in [0.5, 0.6) is 0 Å². The molecule has 2 aromatic carbocycles. The number of aryl methyl sites for hydroxylation is 4. The van der Waals surface area contributed by atoms with E-state index in [1.807, 2.05) is 32.0 Å². The van der Waals surface area contributed by atoms with Crippen molar-refractivity contribution in [2.45, 2.75) is 84.7 Å². The highest BCUT2D eigenvalue weighted by Crippen LogP contribution is 2.37. The van der Waals surface area contributed by atoms with Gasteiger partial charge in [0, 0.05) is 61.3 Å². The summed E-state index contributed by atoms with van der Waals surface area (Å²) in [5.41, 5.74) is 2.81. The van der Waals surface area contributed by atoms with E-state index >= 15 is 0 Å². The average Bonchev–Trinajstić information content (AvgIpc) is 3.54. The van der Waals surface area contributed by atoms with E-state index in [-0.39, 0.29) is 18.3 Å². The van der Waals surface area contributed by atoms with Gasteiger partial charge in [0.25, 0.3) is 0 Å². The fourth-order valence-electron chi connectivity index (χ4n) is 4.43. The second-order valence-electron chi connectivity index (χ2n) is 13.5. The molecule has 1 aliphatic heterocycles. The third kappa shape index (κ3) is 9.01. The van der Waals surface area contributed by atoms with Gasteiger partial charge in [-0.05, 0) is 96.5 Å². The van der Waals surface area contributed by atoms with Gasteiger partial charge < -0.3 is 28.7 Å². The summed E-state index contributed by atoms with van der Waals surface area (Å²) >= 11 is 0. The normalized spacial score (nSPS) is 16.5. The molecule has 8 heteroatoms. The molecule has 0 bridgehead atoms.